The van der Waals surface area contributed by atoms with Crippen molar-refractivity contribution < 1.29 is 24.2 Å². The molecule has 2 aliphatic rings. The predicted octanol–water partition coefficient (Wildman–Crippen LogP) is 4.80. The highest BCUT2D eigenvalue weighted by Gasteiger charge is 2.32. The molecule has 2 aromatic carbocycles. The third-order valence-corrected chi connectivity index (χ3v) is 7.18. The summed E-state index contributed by atoms with van der Waals surface area (Å²) in [4.78, 5) is 38.7. The summed E-state index contributed by atoms with van der Waals surface area (Å²) in [7, 11) is 0. The Hall–Kier alpha value is -3.35. The van der Waals surface area contributed by atoms with E-state index in [1.165, 1.54) is 16.0 Å². The summed E-state index contributed by atoms with van der Waals surface area (Å²) in [6.07, 6.45) is 4.05. The van der Waals surface area contributed by atoms with Crippen molar-refractivity contribution in [2.75, 3.05) is 19.7 Å². The average molecular weight is 479 g/mol. The quantitative estimate of drug-likeness (QED) is 0.596. The molecule has 0 bridgehead atoms. The van der Waals surface area contributed by atoms with E-state index in [9.17, 15) is 19.5 Å². The summed E-state index contributed by atoms with van der Waals surface area (Å²) in [5.74, 6) is -1.49. The molecule has 2 atom stereocenters. The molecule has 0 saturated carbocycles. The standard InChI is InChI=1S/C28H34N2O5/c1-19(26(31)30-17-9-3-2-4-14-25(30)27(32)33)15-16-29-28(34)35-18-24-22-12-7-5-10-20(22)21-11-6-8-13-23(21)24/h5-8,10-13,19,24-25H,2-4,9,14-18H2,1H3,(H,29,34)(H,32,33). The van der Waals surface area contributed by atoms with Crippen LogP contribution in [0.2, 0.25) is 0 Å². The molecule has 1 heterocycles. The van der Waals surface area contributed by atoms with Gasteiger partial charge in [-0.1, -0.05) is 74.7 Å². The average Bonchev–Trinajstić information content (AvgIpc) is 3.15. The summed E-state index contributed by atoms with van der Waals surface area (Å²) in [6.45, 7) is 2.79. The van der Waals surface area contributed by atoms with Crippen LogP contribution in [-0.2, 0) is 14.3 Å². The van der Waals surface area contributed by atoms with Crippen LogP contribution in [0.4, 0.5) is 4.79 Å². The summed E-state index contributed by atoms with van der Waals surface area (Å²) in [5.41, 5.74) is 4.66. The van der Waals surface area contributed by atoms with Crippen LogP contribution in [0.5, 0.6) is 0 Å². The minimum absolute atomic E-state index is 0.00581. The van der Waals surface area contributed by atoms with Gasteiger partial charge in [-0.25, -0.2) is 9.59 Å². The maximum atomic E-state index is 13.0. The van der Waals surface area contributed by atoms with Gasteiger partial charge in [0, 0.05) is 24.9 Å². The summed E-state index contributed by atoms with van der Waals surface area (Å²) >= 11 is 0. The first-order chi connectivity index (χ1) is 17.0. The Balaban J connectivity index is 1.27. The maximum absolute atomic E-state index is 13.0. The molecule has 1 aliphatic carbocycles. The normalized spacial score (nSPS) is 18.5. The minimum Gasteiger partial charge on any atom is -0.480 e. The lowest BCUT2D eigenvalue weighted by Crippen LogP contribution is -2.48. The van der Waals surface area contributed by atoms with Crippen molar-refractivity contribution in [3.05, 3.63) is 59.7 Å². The zero-order chi connectivity index (χ0) is 24.8. The van der Waals surface area contributed by atoms with Gasteiger partial charge in [0.05, 0.1) is 0 Å². The third-order valence-electron chi connectivity index (χ3n) is 7.18. The molecule has 1 saturated heterocycles. The summed E-state index contributed by atoms with van der Waals surface area (Å²) in [6, 6.07) is 15.6. The molecule has 0 aromatic heterocycles. The van der Waals surface area contributed by atoms with E-state index in [4.69, 9.17) is 4.74 Å². The molecule has 4 rings (SSSR count). The second kappa shape index (κ2) is 11.4. The van der Waals surface area contributed by atoms with E-state index in [1.54, 1.807) is 6.92 Å². The Morgan fingerprint density at radius 1 is 1.00 bits per heavy atom. The molecule has 2 N–H and O–H groups in total. The second-order valence-electron chi connectivity index (χ2n) is 9.53. The van der Waals surface area contributed by atoms with Crippen LogP contribution in [0.25, 0.3) is 11.1 Å². The minimum atomic E-state index is -0.941. The molecule has 7 heteroatoms. The van der Waals surface area contributed by atoms with Crippen LogP contribution in [0.3, 0.4) is 0 Å². The van der Waals surface area contributed by atoms with Gasteiger partial charge in [0.1, 0.15) is 12.6 Å². The number of alkyl carbamates (subject to hydrolysis) is 1. The van der Waals surface area contributed by atoms with Gasteiger partial charge in [-0.05, 0) is 41.5 Å². The Morgan fingerprint density at radius 2 is 1.63 bits per heavy atom. The summed E-state index contributed by atoms with van der Waals surface area (Å²) < 4.78 is 5.55. The number of carbonyl (C=O) groups excluding carboxylic acids is 2. The molecule has 2 unspecified atom stereocenters. The van der Waals surface area contributed by atoms with Gasteiger partial charge in [0.15, 0.2) is 0 Å². The van der Waals surface area contributed by atoms with Crippen LogP contribution in [-0.4, -0.2) is 53.7 Å². The predicted molar refractivity (Wildman–Crippen MR) is 133 cm³/mol. The van der Waals surface area contributed by atoms with Gasteiger partial charge in [-0.15, -0.1) is 0 Å². The smallest absolute Gasteiger partial charge is 0.407 e. The first-order valence-corrected chi connectivity index (χ1v) is 12.6. The highest BCUT2D eigenvalue weighted by Crippen LogP contribution is 2.44. The molecular formula is C28H34N2O5. The van der Waals surface area contributed by atoms with Crippen molar-refractivity contribution >= 4 is 18.0 Å². The molecule has 2 amide bonds. The third kappa shape index (κ3) is 5.66. The highest BCUT2D eigenvalue weighted by molar-refractivity contribution is 5.85. The lowest BCUT2D eigenvalue weighted by Gasteiger charge is -2.33. The van der Waals surface area contributed by atoms with E-state index >= 15 is 0 Å². The van der Waals surface area contributed by atoms with Crippen molar-refractivity contribution in [3.63, 3.8) is 0 Å². The number of carbonyl (C=O) groups is 3. The van der Waals surface area contributed by atoms with Gasteiger partial charge in [0.2, 0.25) is 5.91 Å². The number of carboxylic acid groups (broad SMARTS) is 1. The summed E-state index contributed by atoms with van der Waals surface area (Å²) in [5, 5.41) is 12.4. The van der Waals surface area contributed by atoms with E-state index in [0.29, 0.717) is 19.4 Å². The van der Waals surface area contributed by atoms with Crippen LogP contribution >= 0.6 is 0 Å². The van der Waals surface area contributed by atoms with Gasteiger partial charge in [0.25, 0.3) is 0 Å². The fraction of sp³-hybridized carbons (Fsp3) is 0.464. The molecule has 186 valence electrons. The van der Waals surface area contributed by atoms with Gasteiger partial charge >= 0.3 is 12.1 Å². The SMILES string of the molecule is CC(CCNC(=O)OCC1c2ccccc2-c2ccccc21)C(=O)N1CCCCCCC1C(=O)O. The van der Waals surface area contributed by atoms with Gasteiger partial charge in [-0.2, -0.15) is 0 Å². The van der Waals surface area contributed by atoms with Crippen molar-refractivity contribution in [2.45, 2.75) is 57.4 Å². The van der Waals surface area contributed by atoms with Crippen molar-refractivity contribution in [1.82, 2.24) is 10.2 Å². The molecule has 0 radical (unpaired) electrons. The Kier molecular flexibility index (Phi) is 8.06. The lowest BCUT2D eigenvalue weighted by atomic mass is 9.98. The number of benzene rings is 2. The van der Waals surface area contributed by atoms with Crippen molar-refractivity contribution in [3.8, 4) is 11.1 Å². The van der Waals surface area contributed by atoms with E-state index in [1.807, 2.05) is 24.3 Å². The van der Waals surface area contributed by atoms with Crippen molar-refractivity contribution in [1.29, 1.82) is 0 Å². The molecule has 2 aromatic rings. The number of likely N-dealkylation sites (tertiary alicyclic amines) is 1. The number of hydrogen-bond acceptors (Lipinski definition) is 4. The Labute approximate surface area is 206 Å². The number of aliphatic carboxylic acids is 1. The zero-order valence-corrected chi connectivity index (χ0v) is 20.2. The van der Waals surface area contributed by atoms with Crippen LogP contribution in [0.15, 0.2) is 48.5 Å². The fourth-order valence-electron chi connectivity index (χ4n) is 5.25. The Bertz CT molecular complexity index is 1020. The number of fused-ring (bicyclic) bond motifs is 3. The molecule has 1 aliphatic heterocycles. The lowest BCUT2D eigenvalue weighted by molar-refractivity contribution is -0.152. The van der Waals surface area contributed by atoms with E-state index < -0.39 is 18.1 Å². The Morgan fingerprint density at radius 3 is 2.29 bits per heavy atom. The maximum Gasteiger partial charge on any atom is 0.407 e. The molecule has 35 heavy (non-hydrogen) atoms. The van der Waals surface area contributed by atoms with Crippen LogP contribution < -0.4 is 5.32 Å². The number of ether oxygens (including phenoxy) is 1. The zero-order valence-electron chi connectivity index (χ0n) is 20.2. The van der Waals surface area contributed by atoms with E-state index in [2.05, 4.69) is 29.6 Å². The number of rotatable bonds is 7. The molecular weight excluding hydrogens is 444 g/mol. The van der Waals surface area contributed by atoms with E-state index in [0.717, 1.165) is 36.8 Å². The number of amides is 2. The number of hydrogen-bond donors (Lipinski definition) is 2. The largest absolute Gasteiger partial charge is 0.480 e. The fourth-order valence-corrected chi connectivity index (χ4v) is 5.25. The van der Waals surface area contributed by atoms with Crippen molar-refractivity contribution in [2.24, 2.45) is 5.92 Å². The number of carboxylic acids is 1. The van der Waals surface area contributed by atoms with Gasteiger partial charge < -0.3 is 20.1 Å². The van der Waals surface area contributed by atoms with Gasteiger partial charge in [-0.3, -0.25) is 4.79 Å². The molecule has 7 nitrogen and oxygen atoms in total. The first-order valence-electron chi connectivity index (χ1n) is 12.6. The topological polar surface area (TPSA) is 95.9 Å². The highest BCUT2D eigenvalue weighted by atomic mass is 16.5. The molecule has 1 fully saturated rings. The number of nitrogens with one attached hydrogen (secondary N) is 1. The monoisotopic (exact) mass is 478 g/mol. The van der Waals surface area contributed by atoms with E-state index in [-0.39, 0.29) is 30.9 Å². The van der Waals surface area contributed by atoms with Crippen LogP contribution in [0, 0.1) is 5.92 Å². The second-order valence-corrected chi connectivity index (χ2v) is 9.53. The first kappa shape index (κ1) is 24.8. The molecule has 0 spiro atoms. The van der Waals surface area contributed by atoms with Crippen LogP contribution in [0.1, 0.15) is 62.5 Å². The number of nitrogens with zero attached hydrogens (tertiary/aromatic N) is 1.